The molecule has 20 heavy (non-hydrogen) atoms. The summed E-state index contributed by atoms with van der Waals surface area (Å²) in [7, 11) is 0. The van der Waals surface area contributed by atoms with Crippen LogP contribution in [0, 0.1) is 5.82 Å². The van der Waals surface area contributed by atoms with Crippen molar-refractivity contribution in [3.05, 3.63) is 34.6 Å². The van der Waals surface area contributed by atoms with Crippen LogP contribution < -0.4 is 10.6 Å². The molecule has 1 unspecified atom stereocenters. The zero-order valence-electron chi connectivity index (χ0n) is 10.6. The molecule has 0 bridgehead atoms. The van der Waals surface area contributed by atoms with Crippen LogP contribution in [0.15, 0.2) is 18.2 Å². The number of urea groups is 1. The van der Waals surface area contributed by atoms with E-state index in [1.54, 1.807) is 0 Å². The van der Waals surface area contributed by atoms with Gasteiger partial charge in [-0.05, 0) is 25.1 Å². The summed E-state index contributed by atoms with van der Waals surface area (Å²) in [5.74, 6) is -0.828. The Morgan fingerprint density at radius 3 is 2.85 bits per heavy atom. The lowest BCUT2D eigenvalue weighted by Gasteiger charge is -2.19. The number of hydrogen-bond donors (Lipinski definition) is 2. The summed E-state index contributed by atoms with van der Waals surface area (Å²) in [6, 6.07) is 3.71. The van der Waals surface area contributed by atoms with Gasteiger partial charge in [-0.1, -0.05) is 17.7 Å². The molecular weight excluding hydrogens is 285 g/mol. The van der Waals surface area contributed by atoms with E-state index in [9.17, 15) is 14.0 Å². The Bertz CT molecular complexity index is 587. The Labute approximate surface area is 120 Å². The molecular formula is C13H13ClFN3O2. The van der Waals surface area contributed by atoms with E-state index in [1.807, 2.05) is 0 Å². The molecule has 1 spiro atoms. The number of rotatable bonds is 2. The van der Waals surface area contributed by atoms with Gasteiger partial charge >= 0.3 is 6.03 Å². The molecule has 1 aromatic rings. The maximum absolute atomic E-state index is 13.8. The number of carbonyl (C=O) groups excluding carboxylic acids is 2. The van der Waals surface area contributed by atoms with Gasteiger partial charge in [0.15, 0.2) is 0 Å². The van der Waals surface area contributed by atoms with Crippen molar-refractivity contribution in [1.82, 2.24) is 15.5 Å². The SMILES string of the molecule is O=C1NC2(CCNC2)C(=O)N1Cc1ccc(Cl)cc1F. The highest BCUT2D eigenvalue weighted by Gasteiger charge is 2.52. The number of benzene rings is 1. The third kappa shape index (κ3) is 2.05. The second-order valence-corrected chi connectivity index (χ2v) is 5.50. The van der Waals surface area contributed by atoms with Gasteiger partial charge < -0.3 is 10.6 Å². The monoisotopic (exact) mass is 297 g/mol. The van der Waals surface area contributed by atoms with Crippen molar-refractivity contribution in [3.63, 3.8) is 0 Å². The molecule has 0 aliphatic carbocycles. The summed E-state index contributed by atoms with van der Waals surface area (Å²) in [4.78, 5) is 25.4. The zero-order valence-corrected chi connectivity index (χ0v) is 11.3. The summed E-state index contributed by atoms with van der Waals surface area (Å²) in [6.07, 6.45) is 0.553. The largest absolute Gasteiger partial charge is 0.325 e. The van der Waals surface area contributed by atoms with E-state index in [0.29, 0.717) is 19.5 Å². The predicted molar refractivity (Wildman–Crippen MR) is 70.7 cm³/mol. The van der Waals surface area contributed by atoms with E-state index in [0.717, 1.165) is 4.90 Å². The van der Waals surface area contributed by atoms with Gasteiger partial charge in [0.25, 0.3) is 5.91 Å². The minimum Gasteiger partial charge on any atom is -0.322 e. The maximum atomic E-state index is 13.8. The van der Waals surface area contributed by atoms with Crippen molar-refractivity contribution in [2.24, 2.45) is 0 Å². The standard InChI is InChI=1S/C13H13ClFN3O2/c14-9-2-1-8(10(15)5-9)6-18-11(19)13(17-12(18)20)3-4-16-7-13/h1-2,5,16H,3-4,6-7H2,(H,17,20). The summed E-state index contributed by atoms with van der Waals surface area (Å²) < 4.78 is 13.8. The average Bonchev–Trinajstić information content (AvgIpc) is 2.94. The van der Waals surface area contributed by atoms with E-state index in [-0.39, 0.29) is 23.0 Å². The summed E-state index contributed by atoms with van der Waals surface area (Å²) in [6.45, 7) is 1.00. The van der Waals surface area contributed by atoms with Crippen molar-refractivity contribution < 1.29 is 14.0 Å². The number of hydrogen-bond acceptors (Lipinski definition) is 3. The van der Waals surface area contributed by atoms with Gasteiger partial charge in [0, 0.05) is 17.1 Å². The number of nitrogens with zero attached hydrogens (tertiary/aromatic N) is 1. The number of carbonyl (C=O) groups is 2. The molecule has 0 aromatic heterocycles. The first-order valence-corrected chi connectivity index (χ1v) is 6.68. The first-order chi connectivity index (χ1) is 9.52. The van der Waals surface area contributed by atoms with Crippen molar-refractivity contribution >= 4 is 23.5 Å². The van der Waals surface area contributed by atoms with E-state index in [4.69, 9.17) is 11.6 Å². The fraction of sp³-hybridized carbons (Fsp3) is 0.385. The molecule has 3 rings (SSSR count). The van der Waals surface area contributed by atoms with Gasteiger partial charge in [-0.3, -0.25) is 9.69 Å². The topological polar surface area (TPSA) is 61.4 Å². The molecule has 5 nitrogen and oxygen atoms in total. The summed E-state index contributed by atoms with van der Waals surface area (Å²) in [5.41, 5.74) is -0.596. The lowest BCUT2D eigenvalue weighted by Crippen LogP contribution is -2.48. The molecule has 2 aliphatic heterocycles. The molecule has 2 heterocycles. The molecule has 1 aromatic carbocycles. The van der Waals surface area contributed by atoms with Crippen LogP contribution >= 0.6 is 11.6 Å². The van der Waals surface area contributed by atoms with Crippen molar-refractivity contribution in [2.75, 3.05) is 13.1 Å². The van der Waals surface area contributed by atoms with Crippen LogP contribution in [0.2, 0.25) is 5.02 Å². The Kier molecular flexibility index (Phi) is 3.14. The smallest absolute Gasteiger partial charge is 0.322 e. The highest BCUT2D eigenvalue weighted by molar-refractivity contribution is 6.30. The van der Waals surface area contributed by atoms with E-state index in [1.165, 1.54) is 18.2 Å². The van der Waals surface area contributed by atoms with E-state index < -0.39 is 17.4 Å². The molecule has 0 saturated carbocycles. The highest BCUT2D eigenvalue weighted by atomic mass is 35.5. The first-order valence-electron chi connectivity index (χ1n) is 6.31. The molecule has 1 atom stereocenters. The van der Waals surface area contributed by atoms with Crippen LogP contribution in [0.25, 0.3) is 0 Å². The van der Waals surface area contributed by atoms with Crippen LogP contribution in [0.5, 0.6) is 0 Å². The normalized spacial score (nSPS) is 25.6. The Morgan fingerprint density at radius 1 is 1.40 bits per heavy atom. The van der Waals surface area contributed by atoms with Gasteiger partial charge in [-0.25, -0.2) is 9.18 Å². The third-order valence-electron chi connectivity index (χ3n) is 3.74. The molecule has 2 N–H and O–H groups in total. The molecule has 7 heteroatoms. The van der Waals surface area contributed by atoms with E-state index in [2.05, 4.69) is 10.6 Å². The number of amides is 3. The lowest BCUT2D eigenvalue weighted by molar-refractivity contribution is -0.131. The Hall–Kier alpha value is -1.66. The first kappa shape index (κ1) is 13.3. The van der Waals surface area contributed by atoms with Gasteiger partial charge in [0.2, 0.25) is 0 Å². The number of imide groups is 1. The molecule has 0 radical (unpaired) electrons. The summed E-state index contributed by atoms with van der Waals surface area (Å²) >= 11 is 5.68. The molecule has 106 valence electrons. The van der Waals surface area contributed by atoms with Crippen LogP contribution in [0.4, 0.5) is 9.18 Å². The predicted octanol–water partition coefficient (Wildman–Crippen LogP) is 1.26. The van der Waals surface area contributed by atoms with Crippen LogP contribution in [-0.4, -0.2) is 35.5 Å². The van der Waals surface area contributed by atoms with Gasteiger partial charge in [-0.2, -0.15) is 0 Å². The second kappa shape index (κ2) is 4.71. The number of nitrogens with one attached hydrogen (secondary N) is 2. The Morgan fingerprint density at radius 2 is 2.20 bits per heavy atom. The molecule has 3 amide bonds. The van der Waals surface area contributed by atoms with Gasteiger partial charge in [0.1, 0.15) is 11.4 Å². The molecule has 2 aliphatic rings. The number of halogens is 2. The van der Waals surface area contributed by atoms with Crippen molar-refractivity contribution in [1.29, 1.82) is 0 Å². The van der Waals surface area contributed by atoms with Gasteiger partial charge in [0.05, 0.1) is 6.54 Å². The minimum atomic E-state index is -0.861. The van der Waals surface area contributed by atoms with Crippen LogP contribution in [0.3, 0.4) is 0 Å². The van der Waals surface area contributed by atoms with Gasteiger partial charge in [-0.15, -0.1) is 0 Å². The maximum Gasteiger partial charge on any atom is 0.325 e. The van der Waals surface area contributed by atoms with Crippen molar-refractivity contribution in [2.45, 2.75) is 18.5 Å². The lowest BCUT2D eigenvalue weighted by atomic mass is 9.99. The summed E-state index contributed by atoms with van der Waals surface area (Å²) in [5, 5.41) is 6.04. The van der Waals surface area contributed by atoms with E-state index >= 15 is 0 Å². The third-order valence-corrected chi connectivity index (χ3v) is 3.98. The fourth-order valence-corrected chi connectivity index (χ4v) is 2.78. The molecule has 2 fully saturated rings. The average molecular weight is 298 g/mol. The second-order valence-electron chi connectivity index (χ2n) is 5.07. The fourth-order valence-electron chi connectivity index (χ4n) is 2.62. The quantitative estimate of drug-likeness (QED) is 0.808. The van der Waals surface area contributed by atoms with Crippen LogP contribution in [0.1, 0.15) is 12.0 Å². The highest BCUT2D eigenvalue weighted by Crippen LogP contribution is 2.26. The molecule has 2 saturated heterocycles. The minimum absolute atomic E-state index is 0.0879. The zero-order chi connectivity index (χ0) is 14.3. The van der Waals surface area contributed by atoms with Crippen LogP contribution in [-0.2, 0) is 11.3 Å². The van der Waals surface area contributed by atoms with Crippen molar-refractivity contribution in [3.8, 4) is 0 Å². The Balaban J connectivity index is 1.84.